The van der Waals surface area contributed by atoms with E-state index in [4.69, 9.17) is 4.74 Å². The maximum absolute atomic E-state index is 13.8. The predicted octanol–water partition coefficient (Wildman–Crippen LogP) is 3.11. The molecule has 1 aromatic carbocycles. The van der Waals surface area contributed by atoms with Crippen LogP contribution in [0.15, 0.2) is 24.3 Å². The Hall–Kier alpha value is -3.10. The average Bonchev–Trinajstić information content (AvgIpc) is 2.72. The largest absolute Gasteiger partial charge is 0.468 e. The molecule has 0 bridgehead atoms. The molecule has 1 aromatic rings. The lowest BCUT2D eigenvalue weighted by Crippen LogP contribution is -2.57. The summed E-state index contributed by atoms with van der Waals surface area (Å²) >= 11 is 0. The fraction of sp³-hybridized carbons (Fsp3) is 0.600. The van der Waals surface area contributed by atoms with Gasteiger partial charge in [-0.15, -0.1) is 0 Å². The maximum Gasteiger partial charge on any atom is 0.408 e. The fourth-order valence-electron chi connectivity index (χ4n) is 3.43. The zero-order chi connectivity index (χ0) is 26.2. The summed E-state index contributed by atoms with van der Waals surface area (Å²) in [6, 6.07) is 4.87. The SMILES string of the molecule is COC(=O)CNC(=O)C(c1ccccc1C)N(C(=O)C(NC(=O)OC(C)(C)C)C(C)C)C(C)C. The summed E-state index contributed by atoms with van der Waals surface area (Å²) in [5.41, 5.74) is 0.691. The van der Waals surface area contributed by atoms with E-state index in [1.165, 1.54) is 12.0 Å². The molecule has 2 N–H and O–H groups in total. The summed E-state index contributed by atoms with van der Waals surface area (Å²) in [6.07, 6.45) is -0.717. The van der Waals surface area contributed by atoms with Crippen LogP contribution in [0.2, 0.25) is 0 Å². The molecule has 0 saturated carbocycles. The minimum Gasteiger partial charge on any atom is -0.468 e. The second-order valence-corrected chi connectivity index (χ2v) is 9.76. The first-order valence-corrected chi connectivity index (χ1v) is 11.4. The standard InChI is InChI=1S/C25H39N3O6/c1-15(2)20(27-24(32)34-25(6,7)8)23(31)28(16(3)4)21(18-13-11-10-12-17(18)5)22(30)26-14-19(29)33-9/h10-13,15-16,20-21H,14H2,1-9H3,(H,26,30)(H,27,32). The lowest BCUT2D eigenvalue weighted by Gasteiger charge is -2.38. The molecule has 0 fully saturated rings. The minimum absolute atomic E-state index is 0.281. The fourth-order valence-corrected chi connectivity index (χ4v) is 3.43. The van der Waals surface area contributed by atoms with Gasteiger partial charge in [0.15, 0.2) is 0 Å². The topological polar surface area (TPSA) is 114 Å². The summed E-state index contributed by atoms with van der Waals surface area (Å²) in [6.45, 7) is 13.9. The summed E-state index contributed by atoms with van der Waals surface area (Å²) in [5, 5.41) is 5.24. The van der Waals surface area contributed by atoms with Crippen LogP contribution in [0.25, 0.3) is 0 Å². The van der Waals surface area contributed by atoms with E-state index >= 15 is 0 Å². The Kier molecular flexibility index (Phi) is 10.5. The number of amides is 3. The molecule has 9 nitrogen and oxygen atoms in total. The number of alkyl carbamates (subject to hydrolysis) is 1. The molecule has 0 aromatic heterocycles. The number of ether oxygens (including phenoxy) is 2. The van der Waals surface area contributed by atoms with Crippen molar-refractivity contribution in [2.75, 3.05) is 13.7 Å². The third kappa shape index (κ3) is 8.35. The highest BCUT2D eigenvalue weighted by molar-refractivity contribution is 5.93. The van der Waals surface area contributed by atoms with Crippen LogP contribution >= 0.6 is 0 Å². The van der Waals surface area contributed by atoms with Crippen molar-refractivity contribution in [3.05, 3.63) is 35.4 Å². The molecule has 1 rings (SSSR count). The van der Waals surface area contributed by atoms with Crippen LogP contribution < -0.4 is 10.6 Å². The lowest BCUT2D eigenvalue weighted by molar-refractivity contribution is -0.146. The summed E-state index contributed by atoms with van der Waals surface area (Å²) in [5.74, 6) is -1.85. The molecule has 2 atom stereocenters. The molecule has 9 heteroatoms. The van der Waals surface area contributed by atoms with Crippen molar-refractivity contribution >= 4 is 23.9 Å². The van der Waals surface area contributed by atoms with Crippen LogP contribution in [0.1, 0.15) is 65.6 Å². The number of methoxy groups -OCH3 is 1. The summed E-state index contributed by atoms with van der Waals surface area (Å²) < 4.78 is 9.97. The van der Waals surface area contributed by atoms with E-state index in [0.717, 1.165) is 5.56 Å². The zero-order valence-electron chi connectivity index (χ0n) is 21.7. The van der Waals surface area contributed by atoms with Gasteiger partial charge in [0.25, 0.3) is 0 Å². The van der Waals surface area contributed by atoms with Crippen LogP contribution in [-0.2, 0) is 23.9 Å². The Morgan fingerprint density at radius 3 is 2.09 bits per heavy atom. The highest BCUT2D eigenvalue weighted by atomic mass is 16.6. The monoisotopic (exact) mass is 477 g/mol. The normalized spacial score (nSPS) is 13.1. The van der Waals surface area contributed by atoms with Crippen molar-refractivity contribution in [3.63, 3.8) is 0 Å². The maximum atomic E-state index is 13.8. The molecule has 3 amide bonds. The number of carbonyl (C=O) groups is 4. The first-order chi connectivity index (χ1) is 15.7. The Balaban J connectivity index is 3.43. The van der Waals surface area contributed by atoms with Gasteiger partial charge in [-0.1, -0.05) is 38.1 Å². The van der Waals surface area contributed by atoms with Crippen LogP contribution in [0.4, 0.5) is 4.79 Å². The van der Waals surface area contributed by atoms with Crippen LogP contribution in [0.3, 0.4) is 0 Å². The van der Waals surface area contributed by atoms with Gasteiger partial charge >= 0.3 is 12.1 Å². The molecule has 0 spiro atoms. The second kappa shape index (κ2) is 12.4. The third-order valence-electron chi connectivity index (χ3n) is 5.06. The molecule has 0 saturated heterocycles. The first kappa shape index (κ1) is 28.9. The third-order valence-corrected chi connectivity index (χ3v) is 5.06. The van der Waals surface area contributed by atoms with Crippen molar-refractivity contribution in [3.8, 4) is 0 Å². The van der Waals surface area contributed by atoms with Crippen LogP contribution in [-0.4, -0.2) is 60.1 Å². The predicted molar refractivity (Wildman–Crippen MR) is 129 cm³/mol. The number of nitrogens with one attached hydrogen (secondary N) is 2. The number of esters is 1. The number of aryl methyl sites for hydroxylation is 1. The van der Waals surface area contributed by atoms with E-state index in [9.17, 15) is 19.2 Å². The van der Waals surface area contributed by atoms with Gasteiger partial charge in [-0.05, 0) is 58.6 Å². The Morgan fingerprint density at radius 2 is 1.62 bits per heavy atom. The molecule has 0 heterocycles. The van der Waals surface area contributed by atoms with E-state index < -0.39 is 47.6 Å². The van der Waals surface area contributed by atoms with E-state index in [-0.39, 0.29) is 12.5 Å². The van der Waals surface area contributed by atoms with Gasteiger partial charge in [0.1, 0.15) is 24.2 Å². The van der Waals surface area contributed by atoms with Crippen molar-refractivity contribution in [2.24, 2.45) is 5.92 Å². The van der Waals surface area contributed by atoms with E-state index in [1.807, 2.05) is 19.1 Å². The Bertz CT molecular complexity index is 876. The van der Waals surface area contributed by atoms with Gasteiger partial charge in [0.05, 0.1) is 7.11 Å². The molecular weight excluding hydrogens is 438 g/mol. The molecule has 0 aliphatic rings. The second-order valence-electron chi connectivity index (χ2n) is 9.76. The molecule has 34 heavy (non-hydrogen) atoms. The molecular formula is C25H39N3O6. The summed E-state index contributed by atoms with van der Waals surface area (Å²) in [7, 11) is 1.23. The minimum atomic E-state index is -1.03. The van der Waals surface area contributed by atoms with Gasteiger partial charge in [0, 0.05) is 6.04 Å². The number of hydrogen-bond acceptors (Lipinski definition) is 6. The number of rotatable bonds is 9. The van der Waals surface area contributed by atoms with Gasteiger partial charge in [-0.3, -0.25) is 14.4 Å². The van der Waals surface area contributed by atoms with Crippen molar-refractivity contribution in [1.29, 1.82) is 0 Å². The van der Waals surface area contributed by atoms with E-state index in [0.29, 0.717) is 5.56 Å². The van der Waals surface area contributed by atoms with Crippen molar-refractivity contribution in [2.45, 2.75) is 79.1 Å². The van der Waals surface area contributed by atoms with Crippen LogP contribution in [0, 0.1) is 12.8 Å². The van der Waals surface area contributed by atoms with Gasteiger partial charge in [-0.25, -0.2) is 4.79 Å². The van der Waals surface area contributed by atoms with E-state index in [2.05, 4.69) is 15.4 Å². The molecule has 0 aliphatic carbocycles. The first-order valence-electron chi connectivity index (χ1n) is 11.4. The molecule has 190 valence electrons. The number of nitrogens with zero attached hydrogens (tertiary/aromatic N) is 1. The molecule has 2 unspecified atom stereocenters. The van der Waals surface area contributed by atoms with Gasteiger partial charge in [0.2, 0.25) is 11.8 Å². The zero-order valence-corrected chi connectivity index (χ0v) is 21.7. The average molecular weight is 478 g/mol. The number of hydrogen-bond donors (Lipinski definition) is 2. The van der Waals surface area contributed by atoms with Crippen molar-refractivity contribution < 1.29 is 28.7 Å². The van der Waals surface area contributed by atoms with E-state index in [1.54, 1.807) is 60.6 Å². The van der Waals surface area contributed by atoms with Gasteiger partial charge in [-0.2, -0.15) is 0 Å². The Morgan fingerprint density at radius 1 is 1.03 bits per heavy atom. The van der Waals surface area contributed by atoms with Crippen molar-refractivity contribution in [1.82, 2.24) is 15.5 Å². The quantitative estimate of drug-likeness (QED) is 0.528. The highest BCUT2D eigenvalue weighted by Gasteiger charge is 2.39. The molecule has 0 aliphatic heterocycles. The van der Waals surface area contributed by atoms with Crippen LogP contribution in [0.5, 0.6) is 0 Å². The Labute approximate surface area is 202 Å². The lowest BCUT2D eigenvalue weighted by atomic mass is 9.95. The van der Waals surface area contributed by atoms with Gasteiger partial charge < -0.3 is 25.0 Å². The summed E-state index contributed by atoms with van der Waals surface area (Å²) in [4.78, 5) is 52.7. The number of benzene rings is 1. The number of carbonyl (C=O) groups excluding carboxylic acids is 4. The highest BCUT2D eigenvalue weighted by Crippen LogP contribution is 2.28. The molecule has 0 radical (unpaired) electrons. The smallest absolute Gasteiger partial charge is 0.408 e.